The van der Waals surface area contributed by atoms with E-state index in [2.05, 4.69) is 10.0 Å². The Morgan fingerprint density at radius 2 is 1.27 bits per heavy atom. The smallest absolute Gasteiger partial charge is 0.261 e. The molecular weight excluding hydrogens is 432 g/mol. The summed E-state index contributed by atoms with van der Waals surface area (Å²) in [6.45, 7) is 1.94. The number of aryl methyl sites for hydroxylation is 1. The third kappa shape index (κ3) is 5.87. The van der Waals surface area contributed by atoms with Crippen molar-refractivity contribution in [3.63, 3.8) is 0 Å². The van der Waals surface area contributed by atoms with Crippen molar-refractivity contribution in [1.29, 1.82) is 0 Å². The van der Waals surface area contributed by atoms with Crippen LogP contribution in [0.3, 0.4) is 0 Å². The number of carbonyl (C=O) groups is 1. The van der Waals surface area contributed by atoms with Gasteiger partial charge in [-0.2, -0.15) is 0 Å². The van der Waals surface area contributed by atoms with Crippen LogP contribution in [0.1, 0.15) is 11.1 Å². The van der Waals surface area contributed by atoms with E-state index in [0.717, 1.165) is 22.3 Å². The molecule has 4 rings (SSSR count). The number of hydrogen-bond donors (Lipinski definition) is 2. The summed E-state index contributed by atoms with van der Waals surface area (Å²) in [4.78, 5) is 12.6. The van der Waals surface area contributed by atoms with Crippen LogP contribution in [0.5, 0.6) is 0 Å². The van der Waals surface area contributed by atoms with Crippen LogP contribution in [-0.4, -0.2) is 14.3 Å². The zero-order valence-corrected chi connectivity index (χ0v) is 19.0. The van der Waals surface area contributed by atoms with Gasteiger partial charge in [0, 0.05) is 11.4 Å². The van der Waals surface area contributed by atoms with E-state index in [0.29, 0.717) is 11.4 Å². The van der Waals surface area contributed by atoms with Gasteiger partial charge in [-0.3, -0.25) is 9.52 Å². The first-order valence-corrected chi connectivity index (χ1v) is 12.0. The summed E-state index contributed by atoms with van der Waals surface area (Å²) in [5.41, 5.74) is 5.20. The predicted molar refractivity (Wildman–Crippen MR) is 133 cm³/mol. The topological polar surface area (TPSA) is 75.3 Å². The lowest BCUT2D eigenvalue weighted by molar-refractivity contribution is -0.115. The van der Waals surface area contributed by atoms with E-state index in [1.807, 2.05) is 73.7 Å². The highest BCUT2D eigenvalue weighted by Gasteiger charge is 2.14. The van der Waals surface area contributed by atoms with Crippen LogP contribution in [0.4, 0.5) is 11.4 Å². The van der Waals surface area contributed by atoms with Gasteiger partial charge in [-0.15, -0.1) is 0 Å². The Hall–Kier alpha value is -3.90. The number of nitrogens with one attached hydrogen (secondary N) is 2. The molecule has 0 saturated heterocycles. The van der Waals surface area contributed by atoms with Crippen LogP contribution in [0.25, 0.3) is 11.1 Å². The normalized spacial score (nSPS) is 11.1. The molecule has 0 spiro atoms. The van der Waals surface area contributed by atoms with Gasteiger partial charge in [-0.05, 0) is 60.0 Å². The maximum atomic E-state index is 12.6. The molecule has 0 radical (unpaired) electrons. The summed E-state index contributed by atoms with van der Waals surface area (Å²) in [6, 6.07) is 31.1. The van der Waals surface area contributed by atoms with Gasteiger partial charge in [-0.1, -0.05) is 72.3 Å². The van der Waals surface area contributed by atoms with E-state index in [1.165, 1.54) is 12.1 Å². The van der Waals surface area contributed by atoms with Gasteiger partial charge in [0.05, 0.1) is 11.3 Å². The van der Waals surface area contributed by atoms with E-state index in [9.17, 15) is 13.2 Å². The SMILES string of the molecule is Cc1ccc(NS(=O)(=O)c2ccc(NC(=O)Cc3ccc(-c4ccccc4)cc3)cc2)cc1. The van der Waals surface area contributed by atoms with E-state index >= 15 is 0 Å². The Morgan fingerprint density at radius 1 is 0.697 bits per heavy atom. The molecule has 0 aromatic heterocycles. The molecule has 4 aromatic carbocycles. The first-order valence-electron chi connectivity index (χ1n) is 10.5. The third-order valence-electron chi connectivity index (χ3n) is 5.18. The molecule has 0 unspecified atom stereocenters. The van der Waals surface area contributed by atoms with Gasteiger partial charge in [-0.25, -0.2) is 8.42 Å². The lowest BCUT2D eigenvalue weighted by Gasteiger charge is -2.10. The van der Waals surface area contributed by atoms with Gasteiger partial charge < -0.3 is 5.32 Å². The molecule has 0 heterocycles. The second-order valence-corrected chi connectivity index (χ2v) is 9.47. The molecule has 0 aliphatic rings. The molecule has 0 fully saturated rings. The fourth-order valence-corrected chi connectivity index (χ4v) is 4.45. The molecule has 4 aromatic rings. The highest BCUT2D eigenvalue weighted by molar-refractivity contribution is 7.92. The first-order chi connectivity index (χ1) is 15.9. The summed E-state index contributed by atoms with van der Waals surface area (Å²) in [5.74, 6) is -0.171. The molecule has 0 bridgehead atoms. The fraction of sp³-hybridized carbons (Fsp3) is 0.0741. The van der Waals surface area contributed by atoms with Crippen LogP contribution in [0, 0.1) is 6.92 Å². The minimum Gasteiger partial charge on any atom is -0.326 e. The molecule has 6 heteroatoms. The van der Waals surface area contributed by atoms with Crippen LogP contribution in [-0.2, 0) is 21.2 Å². The van der Waals surface area contributed by atoms with E-state index in [-0.39, 0.29) is 17.2 Å². The molecule has 0 aliphatic carbocycles. The summed E-state index contributed by atoms with van der Waals surface area (Å²) in [5, 5.41) is 2.82. The van der Waals surface area contributed by atoms with Gasteiger partial charge in [0.15, 0.2) is 0 Å². The van der Waals surface area contributed by atoms with Gasteiger partial charge in [0.1, 0.15) is 0 Å². The van der Waals surface area contributed by atoms with Gasteiger partial charge in [0.2, 0.25) is 5.91 Å². The molecule has 0 aliphatic heterocycles. The highest BCUT2D eigenvalue weighted by atomic mass is 32.2. The summed E-state index contributed by atoms with van der Waals surface area (Å²) >= 11 is 0. The zero-order chi connectivity index (χ0) is 23.3. The molecule has 1 amide bonds. The van der Waals surface area contributed by atoms with Crippen LogP contribution in [0.15, 0.2) is 108 Å². The van der Waals surface area contributed by atoms with E-state index in [4.69, 9.17) is 0 Å². The van der Waals surface area contributed by atoms with E-state index in [1.54, 1.807) is 24.3 Å². The van der Waals surface area contributed by atoms with Crippen molar-refractivity contribution in [3.05, 3.63) is 114 Å². The Morgan fingerprint density at radius 3 is 1.91 bits per heavy atom. The minimum atomic E-state index is -3.71. The summed E-state index contributed by atoms with van der Waals surface area (Å²) in [7, 11) is -3.71. The molecule has 166 valence electrons. The molecule has 0 saturated carbocycles. The van der Waals surface area contributed by atoms with Crippen molar-refractivity contribution in [2.24, 2.45) is 0 Å². The molecule has 2 N–H and O–H groups in total. The Bertz CT molecular complexity index is 1330. The second kappa shape index (κ2) is 9.71. The van der Waals surface area contributed by atoms with Crippen molar-refractivity contribution in [1.82, 2.24) is 0 Å². The van der Waals surface area contributed by atoms with Crippen LogP contribution in [0.2, 0.25) is 0 Å². The van der Waals surface area contributed by atoms with Crippen molar-refractivity contribution >= 4 is 27.3 Å². The number of amides is 1. The number of sulfonamides is 1. The predicted octanol–water partition coefficient (Wildman–Crippen LogP) is 5.64. The van der Waals surface area contributed by atoms with Crippen molar-refractivity contribution < 1.29 is 13.2 Å². The van der Waals surface area contributed by atoms with Crippen molar-refractivity contribution in [2.75, 3.05) is 10.0 Å². The largest absolute Gasteiger partial charge is 0.326 e. The second-order valence-electron chi connectivity index (χ2n) is 7.78. The average molecular weight is 457 g/mol. The molecular formula is C27H24N2O3S. The average Bonchev–Trinajstić information content (AvgIpc) is 2.82. The fourth-order valence-electron chi connectivity index (χ4n) is 3.39. The van der Waals surface area contributed by atoms with Gasteiger partial charge >= 0.3 is 0 Å². The first kappa shape index (κ1) is 22.3. The van der Waals surface area contributed by atoms with Crippen molar-refractivity contribution in [3.8, 4) is 11.1 Å². The maximum Gasteiger partial charge on any atom is 0.261 e. The van der Waals surface area contributed by atoms with Crippen LogP contribution >= 0.6 is 0 Å². The Labute approximate surface area is 194 Å². The van der Waals surface area contributed by atoms with Crippen molar-refractivity contribution in [2.45, 2.75) is 18.2 Å². The number of rotatable bonds is 7. The number of hydrogen-bond acceptors (Lipinski definition) is 3. The van der Waals surface area contributed by atoms with Gasteiger partial charge in [0.25, 0.3) is 10.0 Å². The molecule has 0 atom stereocenters. The Kier molecular flexibility index (Phi) is 6.56. The third-order valence-corrected chi connectivity index (χ3v) is 6.58. The monoisotopic (exact) mass is 456 g/mol. The molecule has 5 nitrogen and oxygen atoms in total. The number of anilines is 2. The highest BCUT2D eigenvalue weighted by Crippen LogP contribution is 2.21. The standard InChI is InChI=1S/C27H24N2O3S/c1-20-7-13-25(14-8-20)29-33(31,32)26-17-15-24(16-18-26)28-27(30)19-21-9-11-23(12-10-21)22-5-3-2-4-6-22/h2-18,29H,19H2,1H3,(H,28,30). The Balaban J connectivity index is 1.36. The van der Waals surface area contributed by atoms with E-state index < -0.39 is 10.0 Å². The lowest BCUT2D eigenvalue weighted by atomic mass is 10.0. The number of carbonyl (C=O) groups excluding carboxylic acids is 1. The van der Waals surface area contributed by atoms with Crippen LogP contribution < -0.4 is 10.0 Å². The number of benzene rings is 4. The maximum absolute atomic E-state index is 12.6. The molecule has 33 heavy (non-hydrogen) atoms. The quantitative estimate of drug-likeness (QED) is 0.378. The lowest BCUT2D eigenvalue weighted by Crippen LogP contribution is -2.15. The minimum absolute atomic E-state index is 0.123. The zero-order valence-electron chi connectivity index (χ0n) is 18.2. The summed E-state index contributed by atoms with van der Waals surface area (Å²) < 4.78 is 27.7. The summed E-state index contributed by atoms with van der Waals surface area (Å²) in [6.07, 6.45) is 0.226.